The average Bonchev–Trinajstić information content (AvgIpc) is 2.21. The molecular formula is C7H19N4O5P. The Morgan fingerprint density at radius 2 is 1.94 bits per heavy atom. The van der Waals surface area contributed by atoms with Gasteiger partial charge in [0, 0.05) is 26.2 Å². The monoisotopic (exact) mass is 270 g/mol. The van der Waals surface area contributed by atoms with E-state index in [0.717, 1.165) is 0 Å². The first kappa shape index (κ1) is 16.5. The summed E-state index contributed by atoms with van der Waals surface area (Å²) >= 11 is 0. The van der Waals surface area contributed by atoms with E-state index in [1.54, 1.807) is 0 Å². The number of nitrogens with one attached hydrogen (secondary N) is 3. The van der Waals surface area contributed by atoms with E-state index in [1.165, 1.54) is 0 Å². The van der Waals surface area contributed by atoms with Gasteiger partial charge in [0.25, 0.3) is 0 Å². The standard InChI is InChI=1S/C7H19N4O5P/c8-1-2-9-3-4-11-16-7(12)5-10-6-17(13,14)15/h9-11H,1-6,8H2,(H2,13,14,15). The molecule has 0 aromatic heterocycles. The molecule has 0 spiro atoms. The molecule has 0 aliphatic rings. The molecule has 0 aromatic rings. The summed E-state index contributed by atoms with van der Waals surface area (Å²) in [6.45, 7) is 1.96. The van der Waals surface area contributed by atoms with Gasteiger partial charge in [0.1, 0.15) is 0 Å². The molecule has 0 radical (unpaired) electrons. The van der Waals surface area contributed by atoms with Crippen LogP contribution in [0.2, 0.25) is 0 Å². The lowest BCUT2D eigenvalue weighted by atomic mass is 10.6. The molecule has 0 amide bonds. The first-order chi connectivity index (χ1) is 7.95. The zero-order chi connectivity index (χ0) is 13.1. The molecule has 0 aliphatic heterocycles. The molecule has 0 rings (SSSR count). The van der Waals surface area contributed by atoms with Crippen molar-refractivity contribution in [2.75, 3.05) is 39.0 Å². The molecule has 0 fully saturated rings. The molecule has 0 unspecified atom stereocenters. The number of hydroxylamine groups is 1. The fourth-order valence-corrected chi connectivity index (χ4v) is 1.24. The first-order valence-electron chi connectivity index (χ1n) is 5.04. The first-order valence-corrected chi connectivity index (χ1v) is 6.84. The number of nitrogens with two attached hydrogens (primary N) is 1. The second kappa shape index (κ2) is 9.49. The van der Waals surface area contributed by atoms with Crippen molar-refractivity contribution in [3.63, 3.8) is 0 Å². The Balaban J connectivity index is 3.32. The highest BCUT2D eigenvalue weighted by Crippen LogP contribution is 2.31. The van der Waals surface area contributed by atoms with Gasteiger partial charge >= 0.3 is 13.6 Å². The van der Waals surface area contributed by atoms with Gasteiger partial charge in [-0.15, -0.1) is 0 Å². The van der Waals surface area contributed by atoms with Crippen LogP contribution in [0.4, 0.5) is 0 Å². The van der Waals surface area contributed by atoms with Gasteiger partial charge in [-0.2, -0.15) is 5.48 Å². The summed E-state index contributed by atoms with van der Waals surface area (Å²) in [7, 11) is -4.13. The lowest BCUT2D eigenvalue weighted by Gasteiger charge is -2.07. The van der Waals surface area contributed by atoms with Crippen LogP contribution in [0.1, 0.15) is 0 Å². The molecule has 7 N–H and O–H groups in total. The zero-order valence-corrected chi connectivity index (χ0v) is 10.3. The topological polar surface area (TPSA) is 146 Å². The minimum absolute atomic E-state index is 0.270. The fraction of sp³-hybridized carbons (Fsp3) is 0.857. The highest BCUT2D eigenvalue weighted by molar-refractivity contribution is 7.51. The Morgan fingerprint density at radius 1 is 1.24 bits per heavy atom. The van der Waals surface area contributed by atoms with E-state index in [-0.39, 0.29) is 6.54 Å². The third kappa shape index (κ3) is 13.4. The van der Waals surface area contributed by atoms with Crippen molar-refractivity contribution in [3.05, 3.63) is 0 Å². The van der Waals surface area contributed by atoms with Gasteiger partial charge in [-0.25, -0.2) is 4.79 Å². The van der Waals surface area contributed by atoms with Crippen LogP contribution < -0.4 is 21.8 Å². The Bertz CT molecular complexity index is 259. The Hall–Kier alpha value is -0.540. The highest BCUT2D eigenvalue weighted by Gasteiger charge is 2.12. The lowest BCUT2D eigenvalue weighted by molar-refractivity contribution is -0.149. The Kier molecular flexibility index (Phi) is 9.18. The van der Waals surface area contributed by atoms with Gasteiger partial charge in [0.05, 0.1) is 12.8 Å². The summed E-state index contributed by atoms with van der Waals surface area (Å²) in [5.41, 5.74) is 7.65. The summed E-state index contributed by atoms with van der Waals surface area (Å²) in [6, 6.07) is 0. The quantitative estimate of drug-likeness (QED) is 0.142. The van der Waals surface area contributed by atoms with Gasteiger partial charge in [0.2, 0.25) is 0 Å². The van der Waals surface area contributed by atoms with E-state index < -0.39 is 19.9 Å². The van der Waals surface area contributed by atoms with E-state index >= 15 is 0 Å². The van der Waals surface area contributed by atoms with Gasteiger partial charge in [0.15, 0.2) is 0 Å². The SMILES string of the molecule is NCCNCCNOC(=O)CNCP(=O)(O)O. The maximum Gasteiger partial charge on any atom is 0.339 e. The van der Waals surface area contributed by atoms with Crippen LogP contribution in [0.5, 0.6) is 0 Å². The number of rotatable bonds is 10. The van der Waals surface area contributed by atoms with Crippen molar-refractivity contribution in [1.29, 1.82) is 0 Å². The maximum absolute atomic E-state index is 11.0. The summed E-state index contributed by atoms with van der Waals surface area (Å²) < 4.78 is 10.4. The molecule has 10 heteroatoms. The van der Waals surface area contributed by atoms with Crippen molar-refractivity contribution in [2.24, 2.45) is 5.73 Å². The average molecular weight is 270 g/mol. The second-order valence-corrected chi connectivity index (χ2v) is 4.80. The number of hydrogen-bond acceptors (Lipinski definition) is 7. The summed E-state index contributed by atoms with van der Waals surface area (Å²) in [4.78, 5) is 32.5. The highest BCUT2D eigenvalue weighted by atomic mass is 31.2. The van der Waals surface area contributed by atoms with Gasteiger partial charge < -0.3 is 25.7 Å². The normalized spacial score (nSPS) is 11.5. The van der Waals surface area contributed by atoms with Crippen LogP contribution >= 0.6 is 7.60 Å². The molecule has 102 valence electrons. The predicted octanol–water partition coefficient (Wildman–Crippen LogP) is -2.69. The molecule has 0 saturated heterocycles. The minimum atomic E-state index is -4.13. The summed E-state index contributed by atoms with van der Waals surface area (Å²) in [5.74, 6) is -0.641. The third-order valence-corrected chi connectivity index (χ3v) is 2.13. The van der Waals surface area contributed by atoms with Crippen molar-refractivity contribution in [1.82, 2.24) is 16.1 Å². The van der Waals surface area contributed by atoms with Crippen LogP contribution in [0.3, 0.4) is 0 Å². The molecule has 0 aliphatic carbocycles. The molecule has 9 nitrogen and oxygen atoms in total. The Morgan fingerprint density at radius 3 is 2.53 bits per heavy atom. The van der Waals surface area contributed by atoms with Crippen LogP contribution in [0.15, 0.2) is 0 Å². The van der Waals surface area contributed by atoms with Crippen molar-refractivity contribution in [3.8, 4) is 0 Å². The zero-order valence-electron chi connectivity index (χ0n) is 9.39. The number of carbonyl (C=O) groups is 1. The van der Waals surface area contributed by atoms with E-state index in [0.29, 0.717) is 26.2 Å². The Labute approximate surface area is 99.2 Å². The van der Waals surface area contributed by atoms with Crippen LogP contribution in [0, 0.1) is 0 Å². The minimum Gasteiger partial charge on any atom is -0.369 e. The summed E-state index contributed by atoms with van der Waals surface area (Å²) in [5, 5.41) is 5.25. The van der Waals surface area contributed by atoms with Gasteiger partial charge in [-0.05, 0) is 0 Å². The molecule has 0 saturated carbocycles. The van der Waals surface area contributed by atoms with E-state index in [1.807, 2.05) is 0 Å². The fourth-order valence-electron chi connectivity index (χ4n) is 0.838. The van der Waals surface area contributed by atoms with Crippen molar-refractivity contribution < 1.29 is 24.0 Å². The van der Waals surface area contributed by atoms with E-state index in [2.05, 4.69) is 21.0 Å². The lowest BCUT2D eigenvalue weighted by Crippen LogP contribution is -2.34. The number of carbonyl (C=O) groups excluding carboxylic acids is 1. The predicted molar refractivity (Wildman–Crippen MR) is 60.9 cm³/mol. The van der Waals surface area contributed by atoms with Crippen molar-refractivity contribution in [2.45, 2.75) is 0 Å². The van der Waals surface area contributed by atoms with Crippen molar-refractivity contribution >= 4 is 13.6 Å². The molecule has 0 bridgehead atoms. The largest absolute Gasteiger partial charge is 0.369 e. The van der Waals surface area contributed by atoms with Gasteiger partial charge in [-0.3, -0.25) is 9.88 Å². The summed E-state index contributed by atoms with van der Waals surface area (Å²) in [6.07, 6.45) is -0.555. The molecule has 0 atom stereocenters. The van der Waals surface area contributed by atoms with E-state index in [4.69, 9.17) is 15.5 Å². The molecular weight excluding hydrogens is 251 g/mol. The molecule has 0 heterocycles. The molecule has 17 heavy (non-hydrogen) atoms. The third-order valence-electron chi connectivity index (χ3n) is 1.50. The van der Waals surface area contributed by atoms with Crippen LogP contribution in [0.25, 0.3) is 0 Å². The second-order valence-electron chi connectivity index (χ2n) is 3.16. The van der Waals surface area contributed by atoms with Crippen LogP contribution in [-0.2, 0) is 14.2 Å². The number of hydrogen-bond donors (Lipinski definition) is 6. The van der Waals surface area contributed by atoms with E-state index in [9.17, 15) is 9.36 Å². The van der Waals surface area contributed by atoms with Crippen LogP contribution in [-0.4, -0.2) is 54.8 Å². The van der Waals surface area contributed by atoms with Gasteiger partial charge in [-0.1, -0.05) is 0 Å². The smallest absolute Gasteiger partial charge is 0.339 e. The maximum atomic E-state index is 11.0. The molecule has 0 aromatic carbocycles.